The molecule has 0 spiro atoms. The predicted molar refractivity (Wildman–Crippen MR) is 115 cm³/mol. The van der Waals surface area contributed by atoms with Crippen LogP contribution in [0.2, 0.25) is 0 Å². The Kier molecular flexibility index (Phi) is 7.46. The van der Waals surface area contributed by atoms with Crippen molar-refractivity contribution in [3.8, 4) is 0 Å². The molecule has 10 nitrogen and oxygen atoms in total. The predicted octanol–water partition coefficient (Wildman–Crippen LogP) is 0.989. The average molecular weight is 419 g/mol. The number of carbonyl (C=O) groups is 1. The van der Waals surface area contributed by atoms with Crippen molar-refractivity contribution in [3.63, 3.8) is 0 Å². The van der Waals surface area contributed by atoms with E-state index in [0.29, 0.717) is 28.6 Å². The topological polar surface area (TPSA) is 142 Å². The number of nitrogens with zero attached hydrogens (tertiary/aromatic N) is 4. The Labute approximate surface area is 179 Å². The Balaban J connectivity index is 1.86. The van der Waals surface area contributed by atoms with E-state index in [-0.39, 0.29) is 18.0 Å². The fourth-order valence-corrected chi connectivity index (χ4v) is 2.65. The number of ether oxygens (including phenoxy) is 1. The molecular formula is C21H23N8O2+. The van der Waals surface area contributed by atoms with Gasteiger partial charge in [0, 0.05) is 19.4 Å². The molecule has 0 atom stereocenters. The van der Waals surface area contributed by atoms with E-state index in [9.17, 15) is 4.79 Å². The number of aromatic nitrogens is 4. The number of nitrogens with one attached hydrogen (secondary N) is 3. The molecule has 0 saturated heterocycles. The van der Waals surface area contributed by atoms with Gasteiger partial charge in [-0.25, -0.2) is 15.0 Å². The van der Waals surface area contributed by atoms with Crippen LogP contribution in [0, 0.1) is 5.41 Å². The highest BCUT2D eigenvalue weighted by atomic mass is 16.5. The molecule has 0 aliphatic heterocycles. The first-order valence-corrected chi connectivity index (χ1v) is 9.44. The molecule has 0 radical (unpaired) electrons. The molecule has 3 aromatic rings. The number of rotatable bonds is 9. The lowest BCUT2D eigenvalue weighted by atomic mass is 10.2. The van der Waals surface area contributed by atoms with Crippen molar-refractivity contribution in [2.24, 2.45) is 0 Å². The fourth-order valence-electron chi connectivity index (χ4n) is 2.65. The van der Waals surface area contributed by atoms with Gasteiger partial charge >= 0.3 is 0 Å². The second kappa shape index (κ2) is 10.7. The van der Waals surface area contributed by atoms with Gasteiger partial charge in [0.2, 0.25) is 5.82 Å². The number of hydrogen-bond donors (Lipinski definition) is 4. The Hall–Kier alpha value is -4.02. The number of amides is 1. The number of nitrogens with two attached hydrogens (primary N) is 1. The quantitative estimate of drug-likeness (QED) is 0.379. The number of anilines is 2. The van der Waals surface area contributed by atoms with E-state index in [1.54, 1.807) is 68.4 Å². The number of pyridine rings is 2. The van der Waals surface area contributed by atoms with Gasteiger partial charge in [-0.05, 0) is 24.3 Å². The van der Waals surface area contributed by atoms with E-state index in [4.69, 9.17) is 10.1 Å². The van der Waals surface area contributed by atoms with Gasteiger partial charge in [0.25, 0.3) is 5.91 Å². The second-order valence-corrected chi connectivity index (χ2v) is 6.36. The molecule has 0 fully saturated rings. The monoisotopic (exact) mass is 419 g/mol. The molecule has 5 N–H and O–H groups in total. The third-order valence-corrected chi connectivity index (χ3v) is 4.11. The van der Waals surface area contributed by atoms with E-state index in [1.807, 2.05) is 0 Å². The number of methoxy groups -OCH3 is 1. The van der Waals surface area contributed by atoms with Crippen LogP contribution >= 0.6 is 0 Å². The van der Waals surface area contributed by atoms with E-state index >= 15 is 0 Å². The maximum Gasteiger partial charge on any atom is 0.280 e. The highest BCUT2D eigenvalue weighted by molar-refractivity contribution is 6.06. The SMILES string of the molecule is C[NH2+]C(=CC(=N)c1ccccn1)NC(=O)c1nc(COC)ccc1Nc1cncnc1. The normalized spacial score (nSPS) is 11.1. The van der Waals surface area contributed by atoms with Crippen molar-refractivity contribution in [2.45, 2.75) is 6.61 Å². The first kappa shape index (κ1) is 21.7. The Morgan fingerprint density at radius 3 is 2.71 bits per heavy atom. The molecule has 3 rings (SSSR count). The summed E-state index contributed by atoms with van der Waals surface area (Å²) in [6, 6.07) is 8.83. The van der Waals surface area contributed by atoms with Crippen LogP contribution in [0.5, 0.6) is 0 Å². The minimum absolute atomic E-state index is 0.176. The largest absolute Gasteiger partial charge is 0.378 e. The third kappa shape index (κ3) is 5.98. The molecule has 3 aromatic heterocycles. The molecule has 0 aliphatic rings. The summed E-state index contributed by atoms with van der Waals surface area (Å²) in [4.78, 5) is 29.6. The van der Waals surface area contributed by atoms with Gasteiger partial charge in [-0.15, -0.1) is 0 Å². The van der Waals surface area contributed by atoms with Crippen LogP contribution in [0.25, 0.3) is 0 Å². The first-order chi connectivity index (χ1) is 15.1. The van der Waals surface area contributed by atoms with Gasteiger partial charge in [-0.3, -0.25) is 20.5 Å². The van der Waals surface area contributed by atoms with Crippen LogP contribution in [-0.2, 0) is 11.3 Å². The number of hydrogen-bond acceptors (Lipinski definition) is 8. The van der Waals surface area contributed by atoms with Gasteiger partial charge in [0.15, 0.2) is 5.69 Å². The molecule has 0 unspecified atom stereocenters. The Morgan fingerprint density at radius 2 is 2.03 bits per heavy atom. The van der Waals surface area contributed by atoms with Crippen molar-refractivity contribution in [1.82, 2.24) is 25.3 Å². The summed E-state index contributed by atoms with van der Waals surface area (Å²) >= 11 is 0. The molecule has 0 aliphatic carbocycles. The van der Waals surface area contributed by atoms with Crippen molar-refractivity contribution in [2.75, 3.05) is 19.5 Å². The summed E-state index contributed by atoms with van der Waals surface area (Å²) in [6.07, 6.45) is 7.76. The van der Waals surface area contributed by atoms with Crippen LogP contribution in [0.1, 0.15) is 21.9 Å². The van der Waals surface area contributed by atoms with Gasteiger partial charge < -0.3 is 15.4 Å². The van der Waals surface area contributed by atoms with Gasteiger partial charge in [-0.1, -0.05) is 6.07 Å². The summed E-state index contributed by atoms with van der Waals surface area (Å²) < 4.78 is 5.14. The second-order valence-electron chi connectivity index (χ2n) is 6.36. The maximum atomic E-state index is 13.1. The maximum absolute atomic E-state index is 13.1. The molecule has 0 saturated carbocycles. The highest BCUT2D eigenvalue weighted by Gasteiger charge is 2.18. The van der Waals surface area contributed by atoms with E-state index in [1.165, 1.54) is 12.4 Å². The number of quaternary nitrogens is 1. The Bertz CT molecular complexity index is 1070. The highest BCUT2D eigenvalue weighted by Crippen LogP contribution is 2.19. The van der Waals surface area contributed by atoms with Gasteiger partial charge in [-0.2, -0.15) is 0 Å². The van der Waals surface area contributed by atoms with Crippen LogP contribution in [0.3, 0.4) is 0 Å². The lowest BCUT2D eigenvalue weighted by molar-refractivity contribution is -0.580. The van der Waals surface area contributed by atoms with Crippen LogP contribution in [0.15, 0.2) is 67.1 Å². The standard InChI is InChI=1S/C21H22N8O2/c1-23-19(9-16(22)17-5-3-4-8-26-17)29-21(30)20-18(7-6-14(28-20)12-31-2)27-15-10-24-13-25-11-15/h3-11,13,22-23,27H,12H2,1-2H3,(H,29,30)/p+1. The summed E-state index contributed by atoms with van der Waals surface area (Å²) in [5.74, 6) is 0.0177. The summed E-state index contributed by atoms with van der Waals surface area (Å²) in [7, 11) is 3.33. The van der Waals surface area contributed by atoms with Gasteiger partial charge in [0.1, 0.15) is 6.33 Å². The summed E-state index contributed by atoms with van der Waals surface area (Å²) in [5.41, 5.74) is 2.57. The minimum Gasteiger partial charge on any atom is -0.378 e. The lowest BCUT2D eigenvalue weighted by Crippen LogP contribution is -2.80. The zero-order chi connectivity index (χ0) is 22.1. The zero-order valence-electron chi connectivity index (χ0n) is 17.2. The van der Waals surface area contributed by atoms with Crippen molar-refractivity contribution in [3.05, 3.63) is 84.2 Å². The number of allylic oxidation sites excluding steroid dienone is 1. The molecule has 0 aromatic carbocycles. The van der Waals surface area contributed by atoms with Crippen molar-refractivity contribution < 1.29 is 14.8 Å². The van der Waals surface area contributed by atoms with Crippen molar-refractivity contribution >= 4 is 23.0 Å². The molecule has 158 valence electrons. The molecule has 0 bridgehead atoms. The fraction of sp³-hybridized carbons (Fsp3) is 0.143. The molecular weight excluding hydrogens is 396 g/mol. The minimum atomic E-state index is -0.435. The smallest absolute Gasteiger partial charge is 0.280 e. The molecule has 3 heterocycles. The number of carbonyl (C=O) groups excluding carboxylic acids is 1. The summed E-state index contributed by atoms with van der Waals surface area (Å²) in [5, 5.41) is 15.8. The van der Waals surface area contributed by atoms with Crippen LogP contribution in [0.4, 0.5) is 11.4 Å². The van der Waals surface area contributed by atoms with Crippen LogP contribution in [-0.4, -0.2) is 45.7 Å². The van der Waals surface area contributed by atoms with E-state index in [2.05, 4.69) is 30.6 Å². The van der Waals surface area contributed by atoms with Crippen molar-refractivity contribution in [1.29, 1.82) is 5.41 Å². The molecule has 1 amide bonds. The third-order valence-electron chi connectivity index (χ3n) is 4.11. The summed E-state index contributed by atoms with van der Waals surface area (Å²) in [6.45, 7) is 0.266. The lowest BCUT2D eigenvalue weighted by Gasteiger charge is -2.13. The average Bonchev–Trinajstić information content (AvgIpc) is 2.81. The molecule has 31 heavy (non-hydrogen) atoms. The van der Waals surface area contributed by atoms with Gasteiger partial charge in [0.05, 0.1) is 54.5 Å². The van der Waals surface area contributed by atoms with Crippen LogP contribution < -0.4 is 16.0 Å². The zero-order valence-corrected chi connectivity index (χ0v) is 17.2. The first-order valence-electron chi connectivity index (χ1n) is 9.44. The van der Waals surface area contributed by atoms with E-state index in [0.717, 1.165) is 0 Å². The molecule has 10 heteroatoms. The van der Waals surface area contributed by atoms with E-state index < -0.39 is 5.91 Å². The Morgan fingerprint density at radius 1 is 1.23 bits per heavy atom.